The number of benzene rings is 2. The lowest BCUT2D eigenvalue weighted by Gasteiger charge is -1.96. The number of carboxylic acid groups (broad SMARTS) is 2. The molecule has 2 aromatic carbocycles. The first-order valence-electron chi connectivity index (χ1n) is 5.95. The summed E-state index contributed by atoms with van der Waals surface area (Å²) in [7, 11) is 0. The minimum atomic E-state index is -0.997. The van der Waals surface area contributed by atoms with Crippen molar-refractivity contribution in [1.29, 1.82) is 0 Å². The molecule has 0 aliphatic carbocycles. The van der Waals surface area contributed by atoms with Crippen molar-refractivity contribution in [3.05, 3.63) is 47.5 Å². The van der Waals surface area contributed by atoms with Gasteiger partial charge in [-0.3, -0.25) is 4.79 Å². The van der Waals surface area contributed by atoms with Crippen molar-refractivity contribution >= 4 is 33.9 Å². The molecule has 0 aliphatic heterocycles. The molecule has 0 saturated heterocycles. The number of aromatic carboxylic acids is 1. The topological polar surface area (TPSA) is 87.7 Å². The minimum Gasteiger partial charge on any atom is -0.481 e. The highest BCUT2D eigenvalue weighted by molar-refractivity contribution is 6.07. The third-order valence-electron chi connectivity index (χ3n) is 3.14. The first kappa shape index (κ1) is 12.2. The Bertz CT molecular complexity index is 844. The van der Waals surface area contributed by atoms with Crippen LogP contribution < -0.4 is 0 Å². The number of hydrogen-bond acceptors (Lipinski definition) is 3. The predicted octanol–water partition coefficient (Wildman–Crippen LogP) is 2.91. The van der Waals surface area contributed by atoms with Gasteiger partial charge in [-0.2, -0.15) is 0 Å². The predicted molar refractivity (Wildman–Crippen MR) is 72.0 cm³/mol. The van der Waals surface area contributed by atoms with E-state index in [2.05, 4.69) is 0 Å². The molecule has 0 fully saturated rings. The van der Waals surface area contributed by atoms with Gasteiger partial charge in [0.15, 0.2) is 0 Å². The van der Waals surface area contributed by atoms with Gasteiger partial charge in [0.25, 0.3) is 0 Å². The minimum absolute atomic E-state index is 0.0760. The van der Waals surface area contributed by atoms with Crippen LogP contribution in [0.3, 0.4) is 0 Å². The lowest BCUT2D eigenvalue weighted by atomic mass is 10.1. The van der Waals surface area contributed by atoms with Crippen molar-refractivity contribution in [1.82, 2.24) is 0 Å². The quantitative estimate of drug-likeness (QED) is 0.764. The molecule has 100 valence electrons. The van der Waals surface area contributed by atoms with E-state index in [-0.39, 0.29) is 12.0 Å². The highest BCUT2D eigenvalue weighted by Crippen LogP contribution is 2.30. The van der Waals surface area contributed by atoms with Crippen molar-refractivity contribution in [3.8, 4) is 0 Å². The molecule has 0 radical (unpaired) electrons. The third kappa shape index (κ3) is 1.99. The molecule has 20 heavy (non-hydrogen) atoms. The Morgan fingerprint density at radius 2 is 1.75 bits per heavy atom. The molecule has 0 aliphatic rings. The molecule has 1 aromatic heterocycles. The highest BCUT2D eigenvalue weighted by atomic mass is 16.4. The monoisotopic (exact) mass is 270 g/mol. The summed E-state index contributed by atoms with van der Waals surface area (Å²) in [6, 6.07) is 9.77. The van der Waals surface area contributed by atoms with Crippen LogP contribution in [0, 0.1) is 0 Å². The Balaban J connectivity index is 2.21. The normalized spacial score (nSPS) is 11.0. The zero-order valence-electron chi connectivity index (χ0n) is 10.3. The lowest BCUT2D eigenvalue weighted by molar-refractivity contribution is -0.136. The van der Waals surface area contributed by atoms with Gasteiger partial charge in [0.2, 0.25) is 0 Å². The van der Waals surface area contributed by atoms with Crippen molar-refractivity contribution in [2.45, 2.75) is 6.42 Å². The van der Waals surface area contributed by atoms with Gasteiger partial charge in [0.05, 0.1) is 12.0 Å². The number of carbonyl (C=O) groups is 2. The zero-order valence-corrected chi connectivity index (χ0v) is 10.3. The van der Waals surface area contributed by atoms with Gasteiger partial charge in [-0.25, -0.2) is 4.79 Å². The van der Waals surface area contributed by atoms with Crippen LogP contribution in [0.4, 0.5) is 0 Å². The number of carboxylic acids is 2. The molecular formula is C15H10O5. The van der Waals surface area contributed by atoms with E-state index in [1.54, 1.807) is 30.3 Å². The Labute approximate surface area is 113 Å². The van der Waals surface area contributed by atoms with Crippen molar-refractivity contribution in [2.75, 3.05) is 0 Å². The molecule has 3 aromatic rings. The summed E-state index contributed by atoms with van der Waals surface area (Å²) in [5, 5.41) is 19.3. The van der Waals surface area contributed by atoms with E-state index in [1.807, 2.05) is 0 Å². The summed E-state index contributed by atoms with van der Waals surface area (Å²) < 4.78 is 5.62. The molecule has 0 unspecified atom stereocenters. The molecule has 5 nitrogen and oxygen atoms in total. The number of furan rings is 1. The highest BCUT2D eigenvalue weighted by Gasteiger charge is 2.11. The molecule has 1 heterocycles. The first-order chi connectivity index (χ1) is 9.54. The third-order valence-corrected chi connectivity index (χ3v) is 3.14. The van der Waals surface area contributed by atoms with Crippen LogP contribution in [0.25, 0.3) is 21.9 Å². The van der Waals surface area contributed by atoms with Gasteiger partial charge >= 0.3 is 11.9 Å². The second-order valence-electron chi connectivity index (χ2n) is 4.52. The van der Waals surface area contributed by atoms with E-state index < -0.39 is 11.9 Å². The van der Waals surface area contributed by atoms with Crippen LogP contribution in [0.1, 0.15) is 15.9 Å². The summed E-state index contributed by atoms with van der Waals surface area (Å²) in [6.45, 7) is 0. The van der Waals surface area contributed by atoms with Crippen molar-refractivity contribution < 1.29 is 24.2 Å². The Kier molecular flexibility index (Phi) is 2.68. The van der Waals surface area contributed by atoms with Crippen LogP contribution >= 0.6 is 0 Å². The lowest BCUT2D eigenvalue weighted by Crippen LogP contribution is -1.99. The maximum absolute atomic E-state index is 11.0. The molecule has 0 saturated carbocycles. The fourth-order valence-corrected chi connectivity index (χ4v) is 2.24. The largest absolute Gasteiger partial charge is 0.481 e. The summed E-state index contributed by atoms with van der Waals surface area (Å²) in [6.07, 6.45) is -0.0760. The zero-order chi connectivity index (χ0) is 14.3. The van der Waals surface area contributed by atoms with E-state index in [4.69, 9.17) is 14.6 Å². The molecule has 3 rings (SSSR count). The number of hydrogen-bond donors (Lipinski definition) is 2. The first-order valence-corrected chi connectivity index (χ1v) is 5.95. The van der Waals surface area contributed by atoms with Crippen LogP contribution in [0.15, 0.2) is 40.8 Å². The second kappa shape index (κ2) is 4.38. The van der Waals surface area contributed by atoms with Crippen LogP contribution in [0.2, 0.25) is 0 Å². The average Bonchev–Trinajstić information content (AvgIpc) is 2.74. The van der Waals surface area contributed by atoms with Gasteiger partial charge in [-0.1, -0.05) is 12.1 Å². The van der Waals surface area contributed by atoms with Gasteiger partial charge in [0.1, 0.15) is 11.2 Å². The van der Waals surface area contributed by atoms with Gasteiger partial charge in [-0.15, -0.1) is 0 Å². The second-order valence-corrected chi connectivity index (χ2v) is 4.52. The average molecular weight is 270 g/mol. The number of fused-ring (bicyclic) bond motifs is 3. The Morgan fingerprint density at radius 3 is 2.45 bits per heavy atom. The van der Waals surface area contributed by atoms with Gasteiger partial charge in [-0.05, 0) is 29.8 Å². The summed E-state index contributed by atoms with van der Waals surface area (Å²) in [4.78, 5) is 21.7. The summed E-state index contributed by atoms with van der Waals surface area (Å²) >= 11 is 0. The SMILES string of the molecule is O=C(O)Cc1ccc2c(c1)oc1ccc(C(=O)O)cc12. The van der Waals surface area contributed by atoms with E-state index in [1.165, 1.54) is 6.07 Å². The van der Waals surface area contributed by atoms with E-state index in [0.29, 0.717) is 22.1 Å². The molecule has 0 spiro atoms. The molecule has 0 amide bonds. The molecule has 0 bridgehead atoms. The molecule has 5 heteroatoms. The summed E-state index contributed by atoms with van der Waals surface area (Å²) in [5.74, 6) is -1.91. The number of rotatable bonds is 3. The van der Waals surface area contributed by atoms with E-state index in [0.717, 1.165) is 5.39 Å². The maximum Gasteiger partial charge on any atom is 0.335 e. The van der Waals surface area contributed by atoms with E-state index in [9.17, 15) is 9.59 Å². The fourth-order valence-electron chi connectivity index (χ4n) is 2.24. The maximum atomic E-state index is 11.0. The smallest absolute Gasteiger partial charge is 0.335 e. The van der Waals surface area contributed by atoms with Crippen LogP contribution in [0.5, 0.6) is 0 Å². The van der Waals surface area contributed by atoms with Gasteiger partial charge < -0.3 is 14.6 Å². The van der Waals surface area contributed by atoms with Crippen molar-refractivity contribution in [3.63, 3.8) is 0 Å². The van der Waals surface area contributed by atoms with Crippen molar-refractivity contribution in [2.24, 2.45) is 0 Å². The standard InChI is InChI=1S/C15H10O5/c16-14(17)6-8-1-3-10-11-7-9(15(18)19)2-4-12(11)20-13(10)5-8/h1-5,7H,6H2,(H,16,17)(H,18,19). The van der Waals surface area contributed by atoms with Crippen LogP contribution in [-0.2, 0) is 11.2 Å². The molecule has 0 atom stereocenters. The Hall–Kier alpha value is -2.82. The summed E-state index contributed by atoms with van der Waals surface area (Å²) in [5.41, 5.74) is 1.97. The molecule has 2 N–H and O–H groups in total. The van der Waals surface area contributed by atoms with Crippen LogP contribution in [-0.4, -0.2) is 22.2 Å². The van der Waals surface area contributed by atoms with E-state index >= 15 is 0 Å². The fraction of sp³-hybridized carbons (Fsp3) is 0.0667. The van der Waals surface area contributed by atoms with Gasteiger partial charge in [0, 0.05) is 10.8 Å². The molecular weight excluding hydrogens is 260 g/mol. The number of aliphatic carboxylic acids is 1. The Morgan fingerprint density at radius 1 is 0.950 bits per heavy atom.